The molecule has 0 saturated heterocycles. The molecule has 0 aliphatic heterocycles. The number of amides is 1. The zero-order valence-electron chi connectivity index (χ0n) is 13.1. The third-order valence-corrected chi connectivity index (χ3v) is 2.94. The van der Waals surface area contributed by atoms with Gasteiger partial charge in [0.25, 0.3) is 11.6 Å². The maximum absolute atomic E-state index is 11.8. The molecule has 2 rings (SSSR count). The first kappa shape index (κ1) is 17.7. The number of furan rings is 1. The van der Waals surface area contributed by atoms with Crippen LogP contribution in [0.25, 0.3) is 6.08 Å². The first-order chi connectivity index (χ1) is 12.0. The van der Waals surface area contributed by atoms with Gasteiger partial charge >= 0.3 is 5.97 Å². The number of hydrogen-bond donors (Lipinski definition) is 1. The van der Waals surface area contributed by atoms with Crippen LogP contribution in [-0.2, 0) is 14.3 Å². The number of hydrogen-bond acceptors (Lipinski definition) is 7. The Hall–Kier alpha value is -3.62. The summed E-state index contributed by atoms with van der Waals surface area (Å²) >= 11 is 0. The van der Waals surface area contributed by atoms with Crippen molar-refractivity contribution < 1.29 is 28.4 Å². The summed E-state index contributed by atoms with van der Waals surface area (Å²) < 4.78 is 14.8. The first-order valence-electron chi connectivity index (χ1n) is 7.00. The van der Waals surface area contributed by atoms with Crippen LogP contribution in [0.1, 0.15) is 5.76 Å². The van der Waals surface area contributed by atoms with Crippen molar-refractivity contribution >= 4 is 29.3 Å². The van der Waals surface area contributed by atoms with Crippen molar-refractivity contribution in [2.24, 2.45) is 0 Å². The molecule has 9 nitrogen and oxygen atoms in total. The standard InChI is InChI=1S/C16H14N2O7/c1-23-14-9-11(18(21)22)4-6-13(14)17-15(19)10-25-16(20)7-5-12-3-2-8-24-12/h2-9H,10H2,1H3,(H,17,19). The minimum absolute atomic E-state index is 0.117. The molecular weight excluding hydrogens is 332 g/mol. The van der Waals surface area contributed by atoms with Crippen LogP contribution in [0.2, 0.25) is 0 Å². The molecule has 0 unspecified atom stereocenters. The minimum Gasteiger partial charge on any atom is -0.494 e. The number of nitro benzene ring substituents is 1. The first-order valence-corrected chi connectivity index (χ1v) is 7.00. The molecule has 25 heavy (non-hydrogen) atoms. The highest BCUT2D eigenvalue weighted by atomic mass is 16.6. The molecule has 0 spiro atoms. The number of nitrogens with one attached hydrogen (secondary N) is 1. The van der Waals surface area contributed by atoms with Crippen LogP contribution in [0.3, 0.4) is 0 Å². The molecule has 0 saturated carbocycles. The van der Waals surface area contributed by atoms with Gasteiger partial charge in [0.1, 0.15) is 11.5 Å². The van der Waals surface area contributed by atoms with Crippen molar-refractivity contribution in [3.63, 3.8) is 0 Å². The van der Waals surface area contributed by atoms with Crippen molar-refractivity contribution in [1.29, 1.82) is 0 Å². The summed E-state index contributed by atoms with van der Waals surface area (Å²) in [6, 6.07) is 7.03. The molecule has 0 atom stereocenters. The van der Waals surface area contributed by atoms with Crippen LogP contribution >= 0.6 is 0 Å². The molecule has 1 N–H and O–H groups in total. The van der Waals surface area contributed by atoms with Gasteiger partial charge in [-0.25, -0.2) is 4.79 Å². The molecule has 0 aliphatic rings. The monoisotopic (exact) mass is 346 g/mol. The van der Waals surface area contributed by atoms with Gasteiger partial charge in [-0.15, -0.1) is 0 Å². The van der Waals surface area contributed by atoms with Crippen LogP contribution in [-0.4, -0.2) is 30.5 Å². The van der Waals surface area contributed by atoms with Crippen molar-refractivity contribution in [1.82, 2.24) is 0 Å². The lowest BCUT2D eigenvalue weighted by atomic mass is 10.2. The zero-order chi connectivity index (χ0) is 18.2. The lowest BCUT2D eigenvalue weighted by molar-refractivity contribution is -0.384. The maximum Gasteiger partial charge on any atom is 0.331 e. The quantitative estimate of drug-likeness (QED) is 0.353. The van der Waals surface area contributed by atoms with Gasteiger partial charge in [0.05, 0.1) is 30.1 Å². The summed E-state index contributed by atoms with van der Waals surface area (Å²) in [4.78, 5) is 33.5. The molecule has 130 valence electrons. The summed E-state index contributed by atoms with van der Waals surface area (Å²) in [5, 5.41) is 13.2. The summed E-state index contributed by atoms with van der Waals surface area (Å²) in [6.07, 6.45) is 3.98. The number of rotatable bonds is 7. The van der Waals surface area contributed by atoms with E-state index in [9.17, 15) is 19.7 Å². The second kappa shape index (κ2) is 8.29. The van der Waals surface area contributed by atoms with E-state index < -0.39 is 23.4 Å². The van der Waals surface area contributed by atoms with Gasteiger partial charge < -0.3 is 19.2 Å². The van der Waals surface area contributed by atoms with Gasteiger partial charge in [0, 0.05) is 12.1 Å². The summed E-state index contributed by atoms with van der Waals surface area (Å²) in [6.45, 7) is -0.526. The molecule has 1 heterocycles. The van der Waals surface area contributed by atoms with Crippen molar-refractivity contribution in [2.75, 3.05) is 19.0 Å². The summed E-state index contributed by atoms with van der Waals surface area (Å²) in [5.41, 5.74) is 0.0459. The predicted molar refractivity (Wildman–Crippen MR) is 87.0 cm³/mol. The van der Waals surface area contributed by atoms with E-state index >= 15 is 0 Å². The fourth-order valence-electron chi connectivity index (χ4n) is 1.80. The zero-order valence-corrected chi connectivity index (χ0v) is 13.1. The molecular formula is C16H14N2O7. The van der Waals surface area contributed by atoms with Gasteiger partial charge in [0.2, 0.25) is 0 Å². The lowest BCUT2D eigenvalue weighted by Crippen LogP contribution is -2.20. The van der Waals surface area contributed by atoms with Crippen LogP contribution in [0.4, 0.5) is 11.4 Å². The van der Waals surface area contributed by atoms with Crippen molar-refractivity contribution in [3.05, 3.63) is 58.5 Å². The average Bonchev–Trinajstić information content (AvgIpc) is 3.11. The molecule has 0 radical (unpaired) electrons. The number of nitrogens with zero attached hydrogens (tertiary/aromatic N) is 1. The Morgan fingerprint density at radius 3 is 2.80 bits per heavy atom. The Labute approximate surface area is 142 Å². The number of nitro groups is 1. The maximum atomic E-state index is 11.8. The number of benzene rings is 1. The number of ether oxygens (including phenoxy) is 2. The van der Waals surface area contributed by atoms with E-state index in [4.69, 9.17) is 13.9 Å². The number of anilines is 1. The van der Waals surface area contributed by atoms with Gasteiger partial charge in [0.15, 0.2) is 6.61 Å². The van der Waals surface area contributed by atoms with Gasteiger partial charge in [-0.2, -0.15) is 0 Å². The molecule has 0 bridgehead atoms. The van der Waals surface area contributed by atoms with Crippen molar-refractivity contribution in [3.8, 4) is 5.75 Å². The second-order valence-electron chi connectivity index (χ2n) is 4.65. The third kappa shape index (κ3) is 5.20. The van der Waals surface area contributed by atoms with Gasteiger partial charge in [-0.05, 0) is 24.3 Å². The predicted octanol–water partition coefficient (Wildman–Crippen LogP) is 2.39. The molecule has 1 amide bonds. The molecule has 0 aliphatic carbocycles. The fourth-order valence-corrected chi connectivity index (χ4v) is 1.80. The Bertz CT molecular complexity index is 797. The van der Waals surface area contributed by atoms with Gasteiger partial charge in [-0.1, -0.05) is 0 Å². The van der Waals surface area contributed by atoms with Crippen molar-refractivity contribution in [2.45, 2.75) is 0 Å². The van der Waals surface area contributed by atoms with E-state index in [1.165, 1.54) is 37.6 Å². The van der Waals surface area contributed by atoms with Crippen LogP contribution in [0.5, 0.6) is 5.75 Å². The van der Waals surface area contributed by atoms with E-state index in [0.29, 0.717) is 5.76 Å². The normalized spacial score (nSPS) is 10.4. The molecule has 0 fully saturated rings. The molecule has 9 heteroatoms. The average molecular weight is 346 g/mol. The summed E-state index contributed by atoms with van der Waals surface area (Å²) in [5.74, 6) is -0.752. The fraction of sp³-hybridized carbons (Fsp3) is 0.125. The van der Waals surface area contributed by atoms with E-state index in [1.807, 2.05) is 0 Å². The van der Waals surface area contributed by atoms with E-state index in [0.717, 1.165) is 6.08 Å². The second-order valence-corrected chi connectivity index (χ2v) is 4.65. The van der Waals surface area contributed by atoms with Gasteiger partial charge in [-0.3, -0.25) is 14.9 Å². The Morgan fingerprint density at radius 1 is 1.36 bits per heavy atom. The minimum atomic E-state index is -0.720. The summed E-state index contributed by atoms with van der Waals surface area (Å²) in [7, 11) is 1.31. The topological polar surface area (TPSA) is 121 Å². The highest BCUT2D eigenvalue weighted by molar-refractivity contribution is 5.95. The Morgan fingerprint density at radius 2 is 2.16 bits per heavy atom. The van der Waals surface area contributed by atoms with E-state index in [2.05, 4.69) is 5.32 Å². The Balaban J connectivity index is 1.89. The molecule has 1 aromatic heterocycles. The largest absolute Gasteiger partial charge is 0.494 e. The number of methoxy groups -OCH3 is 1. The smallest absolute Gasteiger partial charge is 0.331 e. The van der Waals surface area contributed by atoms with Crippen LogP contribution in [0, 0.1) is 10.1 Å². The number of non-ortho nitro benzene ring substituents is 1. The third-order valence-electron chi connectivity index (χ3n) is 2.94. The molecule has 1 aromatic carbocycles. The van der Waals surface area contributed by atoms with Crippen LogP contribution in [0.15, 0.2) is 47.1 Å². The lowest BCUT2D eigenvalue weighted by Gasteiger charge is -2.09. The number of esters is 1. The highest BCUT2D eigenvalue weighted by Crippen LogP contribution is 2.28. The molecule has 2 aromatic rings. The SMILES string of the molecule is COc1cc([N+](=O)[O-])ccc1NC(=O)COC(=O)C=Cc1ccco1. The number of carbonyl (C=O) groups excluding carboxylic acids is 2. The highest BCUT2D eigenvalue weighted by Gasteiger charge is 2.14. The van der Waals surface area contributed by atoms with Crippen LogP contribution < -0.4 is 10.1 Å². The van der Waals surface area contributed by atoms with E-state index in [1.54, 1.807) is 12.1 Å². The Kier molecular flexibility index (Phi) is 5.88. The number of carbonyl (C=O) groups is 2. The van der Waals surface area contributed by atoms with E-state index in [-0.39, 0.29) is 17.1 Å².